The van der Waals surface area contributed by atoms with Crippen molar-refractivity contribution in [1.29, 1.82) is 0 Å². The number of amides is 1. The Kier molecular flexibility index (Phi) is 3.71. The molecule has 1 aromatic rings. The van der Waals surface area contributed by atoms with Crippen molar-refractivity contribution in [2.75, 3.05) is 17.3 Å². The van der Waals surface area contributed by atoms with Gasteiger partial charge in [0.1, 0.15) is 4.75 Å². The third-order valence-electron chi connectivity index (χ3n) is 3.01. The average Bonchev–Trinajstić information content (AvgIpc) is 2.21. The molecule has 0 bridgehead atoms. The third kappa shape index (κ3) is 2.81. The van der Waals surface area contributed by atoms with E-state index >= 15 is 0 Å². The number of hydrogen-bond donors (Lipinski definition) is 2. The van der Waals surface area contributed by atoms with Crippen molar-refractivity contribution < 1.29 is 13.2 Å². The Hall–Kier alpha value is -1.56. The number of rotatable bonds is 3. The monoisotopic (exact) mass is 270 g/mol. The Balaban J connectivity index is 2.99. The molecule has 6 heteroatoms. The van der Waals surface area contributed by atoms with Crippen LogP contribution in [0.1, 0.15) is 19.4 Å². The predicted octanol–water partition coefficient (Wildman–Crippen LogP) is 1.34. The fourth-order valence-electron chi connectivity index (χ4n) is 1.17. The van der Waals surface area contributed by atoms with Gasteiger partial charge in [0.25, 0.3) is 0 Å². The predicted molar refractivity (Wildman–Crippen MR) is 73.1 cm³/mol. The molecule has 0 saturated carbocycles. The van der Waals surface area contributed by atoms with Crippen molar-refractivity contribution in [1.82, 2.24) is 0 Å². The second-order valence-corrected chi connectivity index (χ2v) is 7.37. The van der Waals surface area contributed by atoms with E-state index in [1.54, 1.807) is 18.2 Å². The normalized spacial score (nSPS) is 12.2. The lowest BCUT2D eigenvalue weighted by atomic mass is 10.1. The van der Waals surface area contributed by atoms with Gasteiger partial charge in [0.05, 0.1) is 0 Å². The lowest BCUT2D eigenvalue weighted by molar-refractivity contribution is -0.117. The van der Waals surface area contributed by atoms with Crippen molar-refractivity contribution in [2.24, 2.45) is 0 Å². The highest BCUT2D eigenvalue weighted by Crippen LogP contribution is 2.21. The Bertz CT molecular complexity index is 577. The summed E-state index contributed by atoms with van der Waals surface area (Å²) in [4.78, 5) is 11.9. The number of nitrogens with one attached hydrogen (secondary N) is 1. The van der Waals surface area contributed by atoms with Gasteiger partial charge in [0, 0.05) is 17.6 Å². The van der Waals surface area contributed by atoms with Gasteiger partial charge in [0.2, 0.25) is 5.91 Å². The van der Waals surface area contributed by atoms with Crippen LogP contribution in [0.2, 0.25) is 0 Å². The minimum Gasteiger partial charge on any atom is -0.398 e. The van der Waals surface area contributed by atoms with E-state index in [0.717, 1.165) is 11.8 Å². The Labute approximate surface area is 107 Å². The Morgan fingerprint density at radius 3 is 2.33 bits per heavy atom. The number of nitrogen functional groups attached to an aromatic ring is 1. The van der Waals surface area contributed by atoms with Gasteiger partial charge in [-0.25, -0.2) is 8.42 Å². The quantitative estimate of drug-likeness (QED) is 0.811. The first-order chi connectivity index (χ1) is 8.05. The van der Waals surface area contributed by atoms with Crippen LogP contribution in [-0.2, 0) is 14.6 Å². The summed E-state index contributed by atoms with van der Waals surface area (Å²) in [6, 6.07) is 5.05. The molecule has 100 valence electrons. The second-order valence-electron chi connectivity index (χ2n) is 4.81. The lowest BCUT2D eigenvalue weighted by Gasteiger charge is -2.21. The third-order valence-corrected chi connectivity index (χ3v) is 5.05. The molecule has 18 heavy (non-hydrogen) atoms. The van der Waals surface area contributed by atoms with Crippen LogP contribution in [0.4, 0.5) is 11.4 Å². The molecule has 0 heterocycles. The fraction of sp³-hybridized carbons (Fsp3) is 0.417. The summed E-state index contributed by atoms with van der Waals surface area (Å²) < 4.78 is 21.6. The standard InChI is InChI=1S/C12H18N2O3S/c1-8-5-6-9(7-10(8)13)14-11(15)12(2,3)18(4,16)17/h5-7H,13H2,1-4H3,(H,14,15). The van der Waals surface area contributed by atoms with Crippen LogP contribution in [0, 0.1) is 6.92 Å². The van der Waals surface area contributed by atoms with Crippen LogP contribution in [0.5, 0.6) is 0 Å². The van der Waals surface area contributed by atoms with Gasteiger partial charge < -0.3 is 11.1 Å². The zero-order chi connectivity index (χ0) is 14.1. The molecule has 0 aliphatic rings. The minimum absolute atomic E-state index is 0.486. The van der Waals surface area contributed by atoms with Gasteiger partial charge in [0.15, 0.2) is 9.84 Å². The molecule has 5 nitrogen and oxygen atoms in total. The smallest absolute Gasteiger partial charge is 0.245 e. The molecular formula is C12H18N2O3S. The van der Waals surface area contributed by atoms with Crippen LogP contribution >= 0.6 is 0 Å². The van der Waals surface area contributed by atoms with Crippen molar-refractivity contribution in [3.05, 3.63) is 23.8 Å². The van der Waals surface area contributed by atoms with Crippen LogP contribution in [-0.4, -0.2) is 25.3 Å². The van der Waals surface area contributed by atoms with Gasteiger partial charge in [-0.2, -0.15) is 0 Å². The van der Waals surface area contributed by atoms with E-state index in [0.29, 0.717) is 11.4 Å². The maximum absolute atomic E-state index is 11.9. The molecular weight excluding hydrogens is 252 g/mol. The van der Waals surface area contributed by atoms with Crippen molar-refractivity contribution in [3.63, 3.8) is 0 Å². The zero-order valence-electron chi connectivity index (χ0n) is 10.9. The summed E-state index contributed by atoms with van der Waals surface area (Å²) in [5.74, 6) is -0.576. The molecule has 3 N–H and O–H groups in total. The fourth-order valence-corrected chi connectivity index (χ4v) is 1.56. The number of sulfone groups is 1. The van der Waals surface area contributed by atoms with Gasteiger partial charge in [-0.15, -0.1) is 0 Å². The number of carbonyl (C=O) groups excluding carboxylic acids is 1. The maximum Gasteiger partial charge on any atom is 0.245 e. The van der Waals surface area contributed by atoms with Crippen LogP contribution in [0.15, 0.2) is 18.2 Å². The molecule has 0 aliphatic heterocycles. The van der Waals surface area contributed by atoms with Crippen LogP contribution in [0.25, 0.3) is 0 Å². The van der Waals surface area contributed by atoms with E-state index in [-0.39, 0.29) is 0 Å². The number of nitrogens with two attached hydrogens (primary N) is 1. The van der Waals surface area contributed by atoms with Crippen molar-refractivity contribution in [2.45, 2.75) is 25.5 Å². The summed E-state index contributed by atoms with van der Waals surface area (Å²) in [7, 11) is -3.48. The highest BCUT2D eigenvalue weighted by Gasteiger charge is 2.38. The summed E-state index contributed by atoms with van der Waals surface area (Å²) in [6.07, 6.45) is 1.04. The first-order valence-corrected chi connectivity index (χ1v) is 7.32. The molecule has 1 rings (SSSR count). The Morgan fingerprint density at radius 1 is 1.33 bits per heavy atom. The lowest BCUT2D eigenvalue weighted by Crippen LogP contribution is -2.43. The van der Waals surface area contributed by atoms with E-state index in [2.05, 4.69) is 5.32 Å². The summed E-state index contributed by atoms with van der Waals surface area (Å²) in [6.45, 7) is 4.59. The molecule has 0 aliphatic carbocycles. The van der Waals surface area contributed by atoms with Gasteiger partial charge in [-0.3, -0.25) is 4.79 Å². The second kappa shape index (κ2) is 4.61. The molecule has 0 radical (unpaired) electrons. The molecule has 0 saturated heterocycles. The van der Waals surface area contributed by atoms with Crippen LogP contribution in [0.3, 0.4) is 0 Å². The van der Waals surface area contributed by atoms with E-state index in [9.17, 15) is 13.2 Å². The van der Waals surface area contributed by atoms with Crippen molar-refractivity contribution >= 4 is 27.1 Å². The van der Waals surface area contributed by atoms with E-state index < -0.39 is 20.5 Å². The highest BCUT2D eigenvalue weighted by molar-refractivity contribution is 7.92. The van der Waals surface area contributed by atoms with Crippen LogP contribution < -0.4 is 11.1 Å². The molecule has 0 unspecified atom stereocenters. The number of aryl methyl sites for hydroxylation is 1. The highest BCUT2D eigenvalue weighted by atomic mass is 32.2. The van der Waals surface area contributed by atoms with Crippen molar-refractivity contribution in [3.8, 4) is 0 Å². The Morgan fingerprint density at radius 2 is 1.89 bits per heavy atom. The summed E-state index contributed by atoms with van der Waals surface area (Å²) in [5.41, 5.74) is 7.65. The molecule has 0 spiro atoms. The number of anilines is 2. The molecule has 0 fully saturated rings. The van der Waals surface area contributed by atoms with Gasteiger partial charge in [-0.05, 0) is 38.5 Å². The zero-order valence-corrected chi connectivity index (χ0v) is 11.8. The number of benzene rings is 1. The first kappa shape index (κ1) is 14.5. The number of hydrogen-bond acceptors (Lipinski definition) is 4. The molecule has 0 aromatic heterocycles. The van der Waals surface area contributed by atoms with Gasteiger partial charge in [-0.1, -0.05) is 6.07 Å². The maximum atomic E-state index is 11.9. The molecule has 0 atom stereocenters. The van der Waals surface area contributed by atoms with Gasteiger partial charge >= 0.3 is 0 Å². The largest absolute Gasteiger partial charge is 0.398 e. The number of carbonyl (C=O) groups is 1. The topological polar surface area (TPSA) is 89.3 Å². The summed E-state index contributed by atoms with van der Waals surface area (Å²) in [5, 5.41) is 2.56. The first-order valence-electron chi connectivity index (χ1n) is 5.43. The van der Waals surface area contributed by atoms with E-state index in [4.69, 9.17) is 5.73 Å². The van der Waals surface area contributed by atoms with E-state index in [1.807, 2.05) is 6.92 Å². The SMILES string of the molecule is Cc1ccc(NC(=O)C(C)(C)S(C)(=O)=O)cc1N. The summed E-state index contributed by atoms with van der Waals surface area (Å²) >= 11 is 0. The average molecular weight is 270 g/mol. The van der Waals surface area contributed by atoms with E-state index in [1.165, 1.54) is 13.8 Å². The molecule has 1 aromatic carbocycles. The minimum atomic E-state index is -3.48. The molecule has 1 amide bonds.